The molecule has 0 aliphatic rings. The van der Waals surface area contributed by atoms with Crippen LogP contribution in [-0.2, 0) is 6.54 Å². The molecule has 2 aromatic rings. The van der Waals surface area contributed by atoms with Crippen LogP contribution in [0.15, 0.2) is 29.0 Å². The molecule has 2 aromatic heterocycles. The number of aryl methyl sites for hydroxylation is 1. The highest BCUT2D eigenvalue weighted by molar-refractivity contribution is 9.10. The van der Waals surface area contributed by atoms with E-state index >= 15 is 0 Å². The molecule has 0 atom stereocenters. The van der Waals surface area contributed by atoms with Gasteiger partial charge in [0.1, 0.15) is 11.4 Å². The van der Waals surface area contributed by atoms with Gasteiger partial charge >= 0.3 is 0 Å². The lowest BCUT2D eigenvalue weighted by molar-refractivity contribution is 0.102. The van der Waals surface area contributed by atoms with Crippen LogP contribution in [0.2, 0.25) is 0 Å². The Morgan fingerprint density at radius 1 is 1.41 bits per heavy atom. The van der Waals surface area contributed by atoms with Crippen LogP contribution >= 0.6 is 15.9 Å². The van der Waals surface area contributed by atoms with Crippen LogP contribution in [0.3, 0.4) is 0 Å². The van der Waals surface area contributed by atoms with Gasteiger partial charge in [-0.2, -0.15) is 0 Å². The Morgan fingerprint density at radius 2 is 2.24 bits per heavy atom. The third-order valence-corrected chi connectivity index (χ3v) is 2.71. The summed E-state index contributed by atoms with van der Waals surface area (Å²) in [6.45, 7) is 2.70. The first kappa shape index (κ1) is 11.9. The van der Waals surface area contributed by atoms with Crippen molar-refractivity contribution in [2.24, 2.45) is 0 Å². The van der Waals surface area contributed by atoms with E-state index in [1.807, 2.05) is 6.92 Å². The van der Waals surface area contributed by atoms with Gasteiger partial charge in [0.25, 0.3) is 0 Å². The van der Waals surface area contributed by atoms with Gasteiger partial charge in [-0.3, -0.25) is 9.78 Å². The number of halogens is 1. The summed E-state index contributed by atoms with van der Waals surface area (Å²) >= 11 is 3.28. The average molecular weight is 295 g/mol. The van der Waals surface area contributed by atoms with E-state index in [1.165, 1.54) is 6.20 Å². The minimum absolute atomic E-state index is 0.157. The Bertz CT molecular complexity index is 521. The minimum atomic E-state index is -0.157. The zero-order valence-corrected chi connectivity index (χ0v) is 10.9. The molecule has 0 saturated heterocycles. The van der Waals surface area contributed by atoms with Gasteiger partial charge in [0.05, 0.1) is 6.20 Å². The lowest BCUT2D eigenvalue weighted by Gasteiger charge is -2.03. The van der Waals surface area contributed by atoms with E-state index in [2.05, 4.69) is 31.2 Å². The lowest BCUT2D eigenvalue weighted by Crippen LogP contribution is -2.12. The zero-order valence-electron chi connectivity index (χ0n) is 9.30. The van der Waals surface area contributed by atoms with Gasteiger partial charge in [-0.1, -0.05) is 12.1 Å². The summed E-state index contributed by atoms with van der Waals surface area (Å²) < 4.78 is 2.45. The number of rotatable bonds is 4. The largest absolute Gasteiger partial charge is 0.285 e. The number of carbonyl (C=O) groups excluding carboxylic acids is 1. The van der Waals surface area contributed by atoms with Crippen molar-refractivity contribution in [1.82, 2.24) is 20.0 Å². The second-order valence-electron chi connectivity index (χ2n) is 3.53. The van der Waals surface area contributed by atoms with Crippen LogP contribution in [0.4, 0.5) is 0 Å². The van der Waals surface area contributed by atoms with E-state index in [-0.39, 0.29) is 5.78 Å². The lowest BCUT2D eigenvalue weighted by atomic mass is 10.2. The first-order chi connectivity index (χ1) is 8.22. The Hall–Kier alpha value is -1.56. The van der Waals surface area contributed by atoms with Gasteiger partial charge in [0, 0.05) is 17.2 Å². The van der Waals surface area contributed by atoms with E-state index in [1.54, 1.807) is 23.0 Å². The Balaban J connectivity index is 2.30. The topological polar surface area (TPSA) is 60.7 Å². The van der Waals surface area contributed by atoms with Gasteiger partial charge < -0.3 is 0 Å². The van der Waals surface area contributed by atoms with Gasteiger partial charge in [-0.25, -0.2) is 4.68 Å². The number of carbonyl (C=O) groups is 1. The average Bonchev–Trinajstić information content (AvgIpc) is 2.78. The fourth-order valence-corrected chi connectivity index (χ4v) is 1.69. The standard InChI is InChI=1S/C11H11BrN4O/c1-2-5-16-10(7-14-15-16)11(17)9-4-3-8(12)6-13-9/h3-4,6-7H,2,5H2,1H3. The van der Waals surface area contributed by atoms with Crippen molar-refractivity contribution in [3.8, 4) is 0 Å². The quantitative estimate of drug-likeness (QED) is 0.810. The highest BCUT2D eigenvalue weighted by atomic mass is 79.9. The highest BCUT2D eigenvalue weighted by Gasteiger charge is 2.15. The maximum absolute atomic E-state index is 12.1. The molecule has 0 amide bonds. The summed E-state index contributed by atoms with van der Waals surface area (Å²) in [4.78, 5) is 16.2. The fraction of sp³-hybridized carbons (Fsp3) is 0.273. The van der Waals surface area contributed by atoms with E-state index in [4.69, 9.17) is 0 Å². The number of hydrogen-bond donors (Lipinski definition) is 0. The molecular weight excluding hydrogens is 284 g/mol. The van der Waals surface area contributed by atoms with Crippen molar-refractivity contribution < 1.29 is 4.79 Å². The summed E-state index contributed by atoms with van der Waals surface area (Å²) in [6, 6.07) is 3.46. The van der Waals surface area contributed by atoms with Crippen LogP contribution in [0, 0.1) is 0 Å². The number of pyridine rings is 1. The predicted octanol–water partition coefficient (Wildman–Crippen LogP) is 2.08. The van der Waals surface area contributed by atoms with Gasteiger partial charge in [-0.05, 0) is 34.5 Å². The molecule has 2 heterocycles. The van der Waals surface area contributed by atoms with Crippen molar-refractivity contribution in [2.75, 3.05) is 0 Å². The molecule has 0 bridgehead atoms. The number of hydrogen-bond acceptors (Lipinski definition) is 4. The Labute approximate surface area is 107 Å². The van der Waals surface area contributed by atoms with E-state index in [9.17, 15) is 4.79 Å². The Kier molecular flexibility index (Phi) is 3.63. The monoisotopic (exact) mass is 294 g/mol. The molecule has 88 valence electrons. The molecular formula is C11H11BrN4O. The third kappa shape index (κ3) is 2.58. The van der Waals surface area contributed by atoms with E-state index in [0.717, 1.165) is 10.9 Å². The molecule has 0 N–H and O–H groups in total. The zero-order chi connectivity index (χ0) is 12.3. The number of aromatic nitrogens is 4. The SMILES string of the molecule is CCCn1nncc1C(=O)c1ccc(Br)cn1. The molecule has 17 heavy (non-hydrogen) atoms. The van der Waals surface area contributed by atoms with Crippen molar-refractivity contribution in [3.05, 3.63) is 40.4 Å². The second kappa shape index (κ2) is 5.18. The maximum Gasteiger partial charge on any atom is 0.230 e. The molecule has 0 fully saturated rings. The molecule has 5 nitrogen and oxygen atoms in total. The summed E-state index contributed by atoms with van der Waals surface area (Å²) in [5.41, 5.74) is 0.870. The molecule has 2 rings (SSSR count). The maximum atomic E-state index is 12.1. The van der Waals surface area contributed by atoms with Crippen LogP contribution in [0.25, 0.3) is 0 Å². The van der Waals surface area contributed by atoms with Crippen molar-refractivity contribution in [3.63, 3.8) is 0 Å². The summed E-state index contributed by atoms with van der Waals surface area (Å²) in [5.74, 6) is -0.157. The smallest absolute Gasteiger partial charge is 0.230 e. The van der Waals surface area contributed by atoms with Crippen molar-refractivity contribution in [2.45, 2.75) is 19.9 Å². The third-order valence-electron chi connectivity index (χ3n) is 2.25. The molecule has 0 radical (unpaired) electrons. The molecule has 0 unspecified atom stereocenters. The predicted molar refractivity (Wildman–Crippen MR) is 65.7 cm³/mol. The minimum Gasteiger partial charge on any atom is -0.285 e. The van der Waals surface area contributed by atoms with E-state index < -0.39 is 0 Å². The van der Waals surface area contributed by atoms with E-state index in [0.29, 0.717) is 17.9 Å². The van der Waals surface area contributed by atoms with Crippen molar-refractivity contribution in [1.29, 1.82) is 0 Å². The van der Waals surface area contributed by atoms with Gasteiger partial charge in [-0.15, -0.1) is 5.10 Å². The first-order valence-electron chi connectivity index (χ1n) is 5.27. The first-order valence-corrected chi connectivity index (χ1v) is 6.06. The molecule has 6 heteroatoms. The molecule has 0 aliphatic heterocycles. The highest BCUT2D eigenvalue weighted by Crippen LogP contribution is 2.11. The van der Waals surface area contributed by atoms with Crippen LogP contribution in [0.5, 0.6) is 0 Å². The van der Waals surface area contributed by atoms with Crippen molar-refractivity contribution >= 4 is 21.7 Å². The van der Waals surface area contributed by atoms with Crippen LogP contribution in [0.1, 0.15) is 29.5 Å². The molecule has 0 aliphatic carbocycles. The summed E-state index contributed by atoms with van der Waals surface area (Å²) in [7, 11) is 0. The van der Waals surface area contributed by atoms with Gasteiger partial charge in [0.15, 0.2) is 0 Å². The van der Waals surface area contributed by atoms with Crippen LogP contribution in [-0.4, -0.2) is 25.8 Å². The Morgan fingerprint density at radius 3 is 2.88 bits per heavy atom. The normalized spacial score (nSPS) is 10.5. The van der Waals surface area contributed by atoms with Gasteiger partial charge in [0.2, 0.25) is 5.78 Å². The number of ketones is 1. The van der Waals surface area contributed by atoms with Crippen LogP contribution < -0.4 is 0 Å². The summed E-state index contributed by atoms with van der Waals surface area (Å²) in [6.07, 6.45) is 3.97. The molecule has 0 aromatic carbocycles. The number of nitrogens with zero attached hydrogens (tertiary/aromatic N) is 4. The molecule has 0 saturated carbocycles. The summed E-state index contributed by atoms with van der Waals surface area (Å²) in [5, 5.41) is 7.64. The molecule has 0 spiro atoms. The second-order valence-corrected chi connectivity index (χ2v) is 4.45. The fourth-order valence-electron chi connectivity index (χ4n) is 1.45.